The monoisotopic (exact) mass is 554 g/mol. The van der Waals surface area contributed by atoms with Crippen LogP contribution in [0.2, 0.25) is 0 Å². The number of allylic oxidation sites excluding steroid dienone is 2. The third-order valence-electron chi connectivity index (χ3n) is 7.56. The van der Waals surface area contributed by atoms with Gasteiger partial charge in [0.2, 0.25) is 0 Å². The Morgan fingerprint density at radius 1 is 0.951 bits per heavy atom. The summed E-state index contributed by atoms with van der Waals surface area (Å²) in [4.78, 5) is 4.59. The molecule has 0 amide bonds. The summed E-state index contributed by atoms with van der Waals surface area (Å²) < 4.78 is 14.7. The molecule has 1 aliphatic carbocycles. The van der Waals surface area contributed by atoms with Crippen LogP contribution in [0.25, 0.3) is 5.57 Å². The molecule has 0 radical (unpaired) electrons. The molecule has 0 saturated carbocycles. The molecule has 1 aliphatic rings. The molecule has 0 aliphatic heterocycles. The van der Waals surface area contributed by atoms with Crippen molar-refractivity contribution in [2.24, 2.45) is 10.9 Å². The van der Waals surface area contributed by atoms with E-state index < -0.39 is 0 Å². The first-order valence-corrected chi connectivity index (χ1v) is 15.5. The summed E-state index contributed by atoms with van der Waals surface area (Å²) in [5.74, 6) is 1.32. The predicted molar refractivity (Wildman–Crippen MR) is 179 cm³/mol. The van der Waals surface area contributed by atoms with Crippen molar-refractivity contribution in [2.75, 3.05) is 5.32 Å². The largest absolute Gasteiger partial charge is 0.341 e. The summed E-state index contributed by atoms with van der Waals surface area (Å²) in [6.45, 7) is 19.2. The van der Waals surface area contributed by atoms with Gasteiger partial charge in [-0.15, -0.1) is 0 Å². The molecule has 3 heteroatoms. The zero-order chi connectivity index (χ0) is 30.2. The van der Waals surface area contributed by atoms with Gasteiger partial charge in [0.05, 0.1) is 0 Å². The maximum Gasteiger partial charge on any atom is 0.127 e. The van der Waals surface area contributed by atoms with Crippen LogP contribution in [-0.4, -0.2) is 6.21 Å². The van der Waals surface area contributed by atoms with E-state index in [4.69, 9.17) is 0 Å². The third kappa shape index (κ3) is 10.1. The number of fused-ring (bicyclic) bond motifs is 1. The van der Waals surface area contributed by atoms with E-state index in [9.17, 15) is 4.39 Å². The first-order chi connectivity index (χ1) is 19.9. The molecule has 0 aromatic heterocycles. The van der Waals surface area contributed by atoms with Crippen LogP contribution >= 0.6 is 0 Å². The molecule has 2 nitrogen and oxygen atoms in total. The predicted octanol–water partition coefficient (Wildman–Crippen LogP) is 11.6. The minimum Gasteiger partial charge on any atom is -0.341 e. The SMILES string of the molecule is C=C(/N=C\C1=C(C)c2ccccc2C(c2ccccc2F)C1)Nc1ccc(CCC)cc1.CC.CCCC(C)CC. The van der Waals surface area contributed by atoms with Gasteiger partial charge in [-0.25, -0.2) is 9.38 Å². The lowest BCUT2D eigenvalue weighted by molar-refractivity contribution is 0.509. The normalized spacial score (nSPS) is 14.8. The summed E-state index contributed by atoms with van der Waals surface area (Å²) in [6.07, 6.45) is 8.87. The standard InChI is InChI=1S/C29H29FN2.C7H16.C2H6/c1-4-9-22-14-16-24(17-15-22)32-21(3)31-19-23-18-28(27-12-7-8-13-29(27)30)26-11-6-5-10-25(26)20(23)2;1-4-6-7(3)5-2;1-2/h5-8,10-17,19,28,32H,3-4,9,18H2,1-2H3;7H,4-6H2,1-3H3;1-2H3/b31-19-;;. The van der Waals surface area contributed by atoms with Crippen molar-refractivity contribution in [3.05, 3.63) is 119 Å². The van der Waals surface area contributed by atoms with Crippen LogP contribution in [-0.2, 0) is 6.42 Å². The molecule has 0 bridgehead atoms. The van der Waals surface area contributed by atoms with Crippen molar-refractivity contribution in [2.45, 2.75) is 92.9 Å². The van der Waals surface area contributed by atoms with Crippen molar-refractivity contribution >= 4 is 17.5 Å². The van der Waals surface area contributed by atoms with E-state index in [2.05, 4.69) is 87.9 Å². The molecule has 2 atom stereocenters. The van der Waals surface area contributed by atoms with E-state index in [1.165, 1.54) is 36.5 Å². The van der Waals surface area contributed by atoms with Gasteiger partial charge in [-0.3, -0.25) is 0 Å². The zero-order valence-corrected chi connectivity index (χ0v) is 26.4. The maximum atomic E-state index is 14.7. The van der Waals surface area contributed by atoms with Gasteiger partial charge >= 0.3 is 0 Å². The minimum absolute atomic E-state index is 0.0371. The van der Waals surface area contributed by atoms with Gasteiger partial charge in [0.15, 0.2) is 0 Å². The van der Waals surface area contributed by atoms with Crippen LogP contribution in [0.1, 0.15) is 109 Å². The number of hydrogen-bond donors (Lipinski definition) is 1. The number of aliphatic imine (C=N–C) groups is 1. The Bertz CT molecular complexity index is 1270. The molecule has 4 rings (SSSR count). The number of hydrogen-bond acceptors (Lipinski definition) is 2. The second-order valence-corrected chi connectivity index (χ2v) is 10.6. The Kier molecular flexibility index (Phi) is 14.9. The Morgan fingerprint density at radius 3 is 2.17 bits per heavy atom. The molecule has 3 aromatic rings. The summed E-state index contributed by atoms with van der Waals surface area (Å²) in [5.41, 5.74) is 7.60. The van der Waals surface area contributed by atoms with Gasteiger partial charge in [0.1, 0.15) is 11.6 Å². The number of aryl methyl sites for hydroxylation is 1. The number of nitrogens with one attached hydrogen (secondary N) is 1. The molecule has 3 aromatic carbocycles. The van der Waals surface area contributed by atoms with Crippen LogP contribution in [0.3, 0.4) is 0 Å². The summed E-state index contributed by atoms with van der Waals surface area (Å²) in [7, 11) is 0. The van der Waals surface area contributed by atoms with E-state index in [0.29, 0.717) is 12.2 Å². The van der Waals surface area contributed by atoms with Gasteiger partial charge in [-0.05, 0) is 77.3 Å². The average Bonchev–Trinajstić information content (AvgIpc) is 3.00. The Morgan fingerprint density at radius 2 is 1.59 bits per heavy atom. The van der Waals surface area contributed by atoms with Crippen LogP contribution in [0.15, 0.2) is 95.8 Å². The number of halogens is 1. The second-order valence-electron chi connectivity index (χ2n) is 10.6. The van der Waals surface area contributed by atoms with Crippen molar-refractivity contribution in [1.29, 1.82) is 0 Å². The van der Waals surface area contributed by atoms with Crippen LogP contribution in [0.5, 0.6) is 0 Å². The van der Waals surface area contributed by atoms with Crippen LogP contribution < -0.4 is 5.32 Å². The topological polar surface area (TPSA) is 24.4 Å². The number of nitrogens with zero attached hydrogens (tertiary/aromatic N) is 1. The molecule has 0 fully saturated rings. The maximum absolute atomic E-state index is 14.7. The van der Waals surface area contributed by atoms with Crippen molar-refractivity contribution < 1.29 is 4.39 Å². The van der Waals surface area contributed by atoms with Gasteiger partial charge in [0.25, 0.3) is 0 Å². The number of anilines is 1. The average molecular weight is 555 g/mol. The van der Waals surface area contributed by atoms with Crippen molar-refractivity contribution in [3.63, 3.8) is 0 Å². The lowest BCUT2D eigenvalue weighted by Crippen LogP contribution is -2.13. The fourth-order valence-electron chi connectivity index (χ4n) is 5.08. The van der Waals surface area contributed by atoms with E-state index in [0.717, 1.165) is 46.7 Å². The molecule has 1 N–H and O–H groups in total. The van der Waals surface area contributed by atoms with E-state index in [-0.39, 0.29) is 11.7 Å². The highest BCUT2D eigenvalue weighted by molar-refractivity contribution is 5.93. The minimum atomic E-state index is -0.166. The highest BCUT2D eigenvalue weighted by Crippen LogP contribution is 2.42. The van der Waals surface area contributed by atoms with Crippen LogP contribution in [0, 0.1) is 11.7 Å². The van der Waals surface area contributed by atoms with E-state index in [1.54, 1.807) is 6.07 Å². The molecule has 2 unspecified atom stereocenters. The molecule has 0 spiro atoms. The lowest BCUT2D eigenvalue weighted by Gasteiger charge is -2.28. The van der Waals surface area contributed by atoms with Crippen LogP contribution in [0.4, 0.5) is 10.1 Å². The fraction of sp³-hybridized carbons (Fsp3) is 0.395. The molecular formula is C38H51FN2. The zero-order valence-electron chi connectivity index (χ0n) is 26.4. The molecule has 220 valence electrons. The van der Waals surface area contributed by atoms with Gasteiger partial charge in [0, 0.05) is 17.8 Å². The van der Waals surface area contributed by atoms with Crippen molar-refractivity contribution in [3.8, 4) is 0 Å². The smallest absolute Gasteiger partial charge is 0.127 e. The van der Waals surface area contributed by atoms with Gasteiger partial charge in [-0.2, -0.15) is 0 Å². The Hall–Kier alpha value is -3.46. The highest BCUT2D eigenvalue weighted by Gasteiger charge is 2.27. The Labute approximate surface area is 249 Å². The van der Waals surface area contributed by atoms with Gasteiger partial charge < -0.3 is 5.32 Å². The summed E-state index contributed by atoms with van der Waals surface area (Å²) >= 11 is 0. The lowest BCUT2D eigenvalue weighted by atomic mass is 9.76. The summed E-state index contributed by atoms with van der Waals surface area (Å²) in [5, 5.41) is 3.26. The molecule has 0 heterocycles. The Balaban J connectivity index is 0.000000573. The fourth-order valence-corrected chi connectivity index (χ4v) is 5.08. The summed E-state index contributed by atoms with van der Waals surface area (Å²) in [6, 6.07) is 23.7. The van der Waals surface area contributed by atoms with Crippen molar-refractivity contribution in [1.82, 2.24) is 0 Å². The first kappa shape index (κ1) is 33.7. The third-order valence-corrected chi connectivity index (χ3v) is 7.56. The molecular weight excluding hydrogens is 503 g/mol. The second kappa shape index (κ2) is 18.1. The quantitative estimate of drug-likeness (QED) is 0.248. The first-order valence-electron chi connectivity index (χ1n) is 15.5. The molecule has 41 heavy (non-hydrogen) atoms. The number of rotatable bonds is 10. The highest BCUT2D eigenvalue weighted by atomic mass is 19.1. The van der Waals surface area contributed by atoms with E-state index >= 15 is 0 Å². The van der Waals surface area contributed by atoms with Gasteiger partial charge in [-0.1, -0.05) is 128 Å². The number of benzene rings is 3. The molecule has 0 saturated heterocycles. The van der Waals surface area contributed by atoms with E-state index in [1.807, 2.05) is 44.3 Å².